The summed E-state index contributed by atoms with van der Waals surface area (Å²) >= 11 is 12.8. The maximum atomic E-state index is 13.0. The highest BCUT2D eigenvalue weighted by molar-refractivity contribution is 8.00. The highest BCUT2D eigenvalue weighted by atomic mass is 35.5. The summed E-state index contributed by atoms with van der Waals surface area (Å²) in [5.74, 6) is 0.355. The Kier molecular flexibility index (Phi) is 7.96. The summed E-state index contributed by atoms with van der Waals surface area (Å²) in [6, 6.07) is 24.5. The van der Waals surface area contributed by atoms with E-state index in [4.69, 9.17) is 28.6 Å². The number of carbonyl (C=O) groups is 1. The van der Waals surface area contributed by atoms with Crippen LogP contribution in [0.1, 0.15) is 10.8 Å². The molecule has 0 aliphatic carbocycles. The molecule has 3 aromatic rings. The minimum atomic E-state index is -0.454. The van der Waals surface area contributed by atoms with E-state index in [0.29, 0.717) is 16.5 Å². The van der Waals surface area contributed by atoms with Crippen molar-refractivity contribution < 1.29 is 9.53 Å². The third-order valence-electron chi connectivity index (χ3n) is 4.05. The third kappa shape index (κ3) is 6.13. The molecule has 1 amide bonds. The molecule has 5 nitrogen and oxygen atoms in total. The monoisotopic (exact) mass is 457 g/mol. The number of rotatable bonds is 6. The number of nitrogens with one attached hydrogen (secondary N) is 3. The predicted molar refractivity (Wildman–Crippen MR) is 127 cm³/mol. The van der Waals surface area contributed by atoms with Gasteiger partial charge >= 0.3 is 0 Å². The molecule has 3 N–H and O–H groups in total. The molecule has 154 valence electrons. The largest absolute Gasteiger partial charge is 0.495 e. The van der Waals surface area contributed by atoms with E-state index in [1.807, 2.05) is 60.7 Å². The number of hydrogen-bond donors (Lipinski definition) is 3. The quantitative estimate of drug-likeness (QED) is 0.268. The van der Waals surface area contributed by atoms with Crippen molar-refractivity contribution in [1.29, 1.82) is 0 Å². The number of ether oxygens (including phenoxy) is 1. The second kappa shape index (κ2) is 10.9. The van der Waals surface area contributed by atoms with Crippen LogP contribution in [0, 0.1) is 0 Å². The van der Waals surface area contributed by atoms with E-state index >= 15 is 0 Å². The van der Waals surface area contributed by atoms with Crippen LogP contribution < -0.4 is 20.9 Å². The highest BCUT2D eigenvalue weighted by Crippen LogP contribution is 2.35. The number of amides is 1. The van der Waals surface area contributed by atoms with Crippen LogP contribution in [0.3, 0.4) is 0 Å². The van der Waals surface area contributed by atoms with Crippen LogP contribution >= 0.6 is 35.6 Å². The Labute approximate surface area is 190 Å². The smallest absolute Gasteiger partial charge is 0.256 e. The van der Waals surface area contributed by atoms with Crippen LogP contribution in [0.5, 0.6) is 5.75 Å². The molecule has 3 rings (SSSR count). The zero-order valence-corrected chi connectivity index (χ0v) is 18.5. The summed E-state index contributed by atoms with van der Waals surface area (Å²) < 4.78 is 5.29. The molecule has 1 unspecified atom stereocenters. The standard InChI is InChI=1S/C22H20ClN3O2S2/c1-28-19-13-12-16(23)14-18(19)24-22(29)26-25-21(27)20(15-8-4-2-5-9-15)30-17-10-6-3-7-11-17/h2-14,20H,1H3,(H,25,27)(H2,24,26,29). The second-order valence-corrected chi connectivity index (χ2v) is 8.16. The van der Waals surface area contributed by atoms with Crippen LogP contribution in [-0.2, 0) is 4.79 Å². The molecule has 0 aliphatic heterocycles. The first-order valence-corrected chi connectivity index (χ1v) is 10.7. The van der Waals surface area contributed by atoms with Gasteiger partial charge < -0.3 is 10.1 Å². The topological polar surface area (TPSA) is 62.4 Å². The van der Waals surface area contributed by atoms with Gasteiger partial charge in [0, 0.05) is 9.92 Å². The number of halogens is 1. The summed E-state index contributed by atoms with van der Waals surface area (Å²) in [4.78, 5) is 13.9. The fraction of sp³-hybridized carbons (Fsp3) is 0.0909. The van der Waals surface area contributed by atoms with Crippen molar-refractivity contribution in [1.82, 2.24) is 10.9 Å². The van der Waals surface area contributed by atoms with Crippen molar-refractivity contribution in [3.63, 3.8) is 0 Å². The third-order valence-corrected chi connectivity index (χ3v) is 5.75. The Morgan fingerprint density at radius 1 is 1.00 bits per heavy atom. The molecule has 0 aromatic heterocycles. The lowest BCUT2D eigenvalue weighted by atomic mass is 10.1. The summed E-state index contributed by atoms with van der Waals surface area (Å²) in [6.07, 6.45) is 0. The minimum Gasteiger partial charge on any atom is -0.495 e. The summed E-state index contributed by atoms with van der Waals surface area (Å²) in [6.45, 7) is 0. The Morgan fingerprint density at radius 2 is 1.67 bits per heavy atom. The number of benzene rings is 3. The molecule has 8 heteroatoms. The molecule has 3 aromatic carbocycles. The van der Waals surface area contributed by atoms with Crippen molar-refractivity contribution in [2.45, 2.75) is 10.1 Å². The number of thiocarbonyl (C=S) groups is 1. The summed E-state index contributed by atoms with van der Waals surface area (Å²) in [5.41, 5.74) is 6.92. The van der Waals surface area contributed by atoms with E-state index in [0.717, 1.165) is 10.5 Å². The number of hydrogen-bond acceptors (Lipinski definition) is 4. The molecule has 0 aliphatic rings. The molecular formula is C22H20ClN3O2S2. The zero-order valence-electron chi connectivity index (χ0n) is 16.1. The molecule has 1 atom stereocenters. The summed E-state index contributed by atoms with van der Waals surface area (Å²) in [7, 11) is 1.55. The highest BCUT2D eigenvalue weighted by Gasteiger charge is 2.22. The van der Waals surface area contributed by atoms with Gasteiger partial charge in [-0.3, -0.25) is 15.6 Å². The Hall–Kier alpha value is -2.74. The maximum absolute atomic E-state index is 13.0. The Bertz CT molecular complexity index is 1000. The lowest BCUT2D eigenvalue weighted by molar-refractivity contribution is -0.121. The van der Waals surface area contributed by atoms with Gasteiger partial charge in [0.15, 0.2) is 5.11 Å². The van der Waals surface area contributed by atoms with E-state index in [1.165, 1.54) is 11.8 Å². The van der Waals surface area contributed by atoms with Gasteiger partial charge in [-0.1, -0.05) is 60.1 Å². The molecule has 0 radical (unpaired) electrons. The van der Waals surface area contributed by atoms with Gasteiger partial charge in [0.1, 0.15) is 11.0 Å². The lowest BCUT2D eigenvalue weighted by Gasteiger charge is -2.19. The maximum Gasteiger partial charge on any atom is 0.256 e. The van der Waals surface area contributed by atoms with Crippen LogP contribution in [0.4, 0.5) is 5.69 Å². The number of methoxy groups -OCH3 is 1. The second-order valence-electron chi connectivity index (χ2n) is 6.13. The van der Waals surface area contributed by atoms with Gasteiger partial charge in [-0.25, -0.2) is 0 Å². The van der Waals surface area contributed by atoms with Gasteiger partial charge in [-0.05, 0) is 48.1 Å². The van der Waals surface area contributed by atoms with E-state index in [9.17, 15) is 4.79 Å². The molecule has 0 heterocycles. The van der Waals surface area contributed by atoms with Crippen LogP contribution in [0.15, 0.2) is 83.8 Å². The number of hydrazine groups is 1. The number of anilines is 1. The predicted octanol–water partition coefficient (Wildman–Crippen LogP) is 5.20. The minimum absolute atomic E-state index is 0.209. The normalized spacial score (nSPS) is 11.3. The van der Waals surface area contributed by atoms with Gasteiger partial charge in [0.05, 0.1) is 12.8 Å². The van der Waals surface area contributed by atoms with Gasteiger partial charge in [0.25, 0.3) is 5.91 Å². The van der Waals surface area contributed by atoms with Crippen molar-refractivity contribution >= 4 is 52.3 Å². The Balaban J connectivity index is 1.67. The van der Waals surface area contributed by atoms with Crippen LogP contribution in [-0.4, -0.2) is 18.1 Å². The zero-order chi connectivity index (χ0) is 21.3. The average Bonchev–Trinajstić information content (AvgIpc) is 2.77. The average molecular weight is 458 g/mol. The van der Waals surface area contributed by atoms with Crippen molar-refractivity contribution in [2.24, 2.45) is 0 Å². The molecule has 0 fully saturated rings. The van der Waals surface area contributed by atoms with E-state index in [2.05, 4.69) is 16.2 Å². The van der Waals surface area contributed by atoms with Crippen LogP contribution in [0.25, 0.3) is 0 Å². The van der Waals surface area contributed by atoms with Crippen molar-refractivity contribution in [2.75, 3.05) is 12.4 Å². The van der Waals surface area contributed by atoms with E-state index in [1.54, 1.807) is 25.3 Å². The molecule has 0 saturated carbocycles. The van der Waals surface area contributed by atoms with Gasteiger partial charge in [-0.15, -0.1) is 11.8 Å². The molecular weight excluding hydrogens is 438 g/mol. The van der Waals surface area contributed by atoms with Crippen LogP contribution in [0.2, 0.25) is 5.02 Å². The van der Waals surface area contributed by atoms with Gasteiger partial charge in [-0.2, -0.15) is 0 Å². The van der Waals surface area contributed by atoms with Gasteiger partial charge in [0.2, 0.25) is 0 Å². The fourth-order valence-electron chi connectivity index (χ4n) is 2.65. The Morgan fingerprint density at radius 3 is 2.33 bits per heavy atom. The van der Waals surface area contributed by atoms with Crippen molar-refractivity contribution in [3.05, 3.63) is 89.4 Å². The molecule has 0 spiro atoms. The molecule has 0 bridgehead atoms. The molecule has 0 saturated heterocycles. The first-order valence-electron chi connectivity index (χ1n) is 9.04. The molecule has 30 heavy (non-hydrogen) atoms. The fourth-order valence-corrected chi connectivity index (χ4v) is 4.03. The SMILES string of the molecule is COc1ccc(Cl)cc1NC(=S)NNC(=O)C(Sc1ccccc1)c1ccccc1. The lowest BCUT2D eigenvalue weighted by Crippen LogP contribution is -2.45. The first kappa shape index (κ1) is 22.0. The number of carbonyl (C=O) groups excluding carboxylic acids is 1. The van der Waals surface area contributed by atoms with E-state index < -0.39 is 5.25 Å². The number of thioether (sulfide) groups is 1. The summed E-state index contributed by atoms with van der Waals surface area (Å²) in [5, 5.41) is 3.27. The van der Waals surface area contributed by atoms with E-state index in [-0.39, 0.29) is 11.0 Å². The van der Waals surface area contributed by atoms with Crippen molar-refractivity contribution in [3.8, 4) is 5.75 Å². The first-order chi connectivity index (χ1) is 14.6.